The van der Waals surface area contributed by atoms with E-state index < -0.39 is 0 Å². The SMILES string of the molecule is CC(C)N(CCc1nc(-c2ccc(Br)cc2)no1)C(=O)CCc1ccccc1. The van der Waals surface area contributed by atoms with E-state index in [-0.39, 0.29) is 11.9 Å². The minimum absolute atomic E-state index is 0.122. The Hall–Kier alpha value is -2.47. The van der Waals surface area contributed by atoms with Gasteiger partial charge in [0.15, 0.2) is 0 Å². The summed E-state index contributed by atoms with van der Waals surface area (Å²) in [5.41, 5.74) is 2.08. The lowest BCUT2D eigenvalue weighted by Gasteiger charge is -2.26. The molecule has 0 spiro atoms. The first kappa shape index (κ1) is 20.3. The van der Waals surface area contributed by atoms with E-state index in [1.165, 1.54) is 5.56 Å². The van der Waals surface area contributed by atoms with Crippen LogP contribution in [0, 0.1) is 0 Å². The van der Waals surface area contributed by atoms with Crippen molar-refractivity contribution in [3.05, 3.63) is 70.5 Å². The van der Waals surface area contributed by atoms with E-state index in [1.54, 1.807) is 0 Å². The number of carbonyl (C=O) groups is 1. The van der Waals surface area contributed by atoms with Gasteiger partial charge in [0.05, 0.1) is 0 Å². The largest absolute Gasteiger partial charge is 0.340 e. The van der Waals surface area contributed by atoms with Gasteiger partial charge in [0, 0.05) is 35.5 Å². The van der Waals surface area contributed by atoms with Gasteiger partial charge in [0.1, 0.15) is 0 Å². The van der Waals surface area contributed by atoms with Gasteiger partial charge in [-0.3, -0.25) is 4.79 Å². The molecule has 0 fully saturated rings. The lowest BCUT2D eigenvalue weighted by atomic mass is 10.1. The first-order valence-corrected chi connectivity index (χ1v) is 10.2. The third-order valence-corrected chi connectivity index (χ3v) is 5.08. The predicted octanol–water partition coefficient (Wildman–Crippen LogP) is 4.91. The van der Waals surface area contributed by atoms with E-state index in [0.29, 0.717) is 31.1 Å². The summed E-state index contributed by atoms with van der Waals surface area (Å²) < 4.78 is 6.38. The highest BCUT2D eigenvalue weighted by molar-refractivity contribution is 9.10. The number of benzene rings is 2. The molecule has 28 heavy (non-hydrogen) atoms. The first-order chi connectivity index (χ1) is 13.5. The molecule has 0 aliphatic heterocycles. The fraction of sp³-hybridized carbons (Fsp3) is 0.318. The summed E-state index contributed by atoms with van der Waals surface area (Å²) in [5, 5.41) is 4.05. The number of hydrogen-bond acceptors (Lipinski definition) is 4. The Morgan fingerprint density at radius 1 is 1.07 bits per heavy atom. The van der Waals surface area contributed by atoms with Crippen LogP contribution in [0.25, 0.3) is 11.4 Å². The van der Waals surface area contributed by atoms with Gasteiger partial charge in [0.25, 0.3) is 0 Å². The van der Waals surface area contributed by atoms with Gasteiger partial charge in [-0.15, -0.1) is 0 Å². The van der Waals surface area contributed by atoms with Crippen LogP contribution in [-0.2, 0) is 17.6 Å². The highest BCUT2D eigenvalue weighted by Crippen LogP contribution is 2.19. The van der Waals surface area contributed by atoms with Gasteiger partial charge < -0.3 is 9.42 Å². The summed E-state index contributed by atoms with van der Waals surface area (Å²) in [5.74, 6) is 1.25. The smallest absolute Gasteiger partial charge is 0.228 e. The molecule has 1 amide bonds. The summed E-state index contributed by atoms with van der Waals surface area (Å²) in [6.07, 6.45) is 1.78. The van der Waals surface area contributed by atoms with E-state index in [2.05, 4.69) is 38.2 Å². The summed E-state index contributed by atoms with van der Waals surface area (Å²) in [4.78, 5) is 19.0. The van der Waals surface area contributed by atoms with Crippen molar-refractivity contribution in [1.82, 2.24) is 15.0 Å². The lowest BCUT2D eigenvalue weighted by Crippen LogP contribution is -2.38. The van der Waals surface area contributed by atoms with Gasteiger partial charge in [-0.2, -0.15) is 4.98 Å². The zero-order valence-corrected chi connectivity index (χ0v) is 17.7. The molecule has 3 aromatic rings. The van der Waals surface area contributed by atoms with Gasteiger partial charge in [-0.25, -0.2) is 0 Å². The number of carbonyl (C=O) groups excluding carboxylic acids is 1. The lowest BCUT2D eigenvalue weighted by molar-refractivity contribution is -0.132. The third-order valence-electron chi connectivity index (χ3n) is 4.55. The zero-order valence-electron chi connectivity index (χ0n) is 16.1. The van der Waals surface area contributed by atoms with Crippen LogP contribution in [-0.4, -0.2) is 33.5 Å². The normalized spacial score (nSPS) is 11.0. The Morgan fingerprint density at radius 2 is 1.79 bits per heavy atom. The number of aryl methyl sites for hydroxylation is 1. The van der Waals surface area contributed by atoms with E-state index >= 15 is 0 Å². The number of rotatable bonds is 8. The van der Waals surface area contributed by atoms with Crippen molar-refractivity contribution in [2.75, 3.05) is 6.54 Å². The van der Waals surface area contributed by atoms with Gasteiger partial charge in [-0.1, -0.05) is 51.4 Å². The maximum atomic E-state index is 12.7. The van der Waals surface area contributed by atoms with Crippen molar-refractivity contribution in [2.45, 2.75) is 39.2 Å². The Balaban J connectivity index is 1.57. The van der Waals surface area contributed by atoms with Gasteiger partial charge in [0.2, 0.25) is 17.6 Å². The van der Waals surface area contributed by atoms with Gasteiger partial charge in [-0.05, 0) is 50.1 Å². The third kappa shape index (κ3) is 5.52. The maximum absolute atomic E-state index is 12.7. The number of amides is 1. The molecule has 0 saturated carbocycles. The monoisotopic (exact) mass is 441 g/mol. The van der Waals surface area contributed by atoms with Crippen LogP contribution < -0.4 is 0 Å². The van der Waals surface area contributed by atoms with Crippen LogP contribution in [0.15, 0.2) is 63.6 Å². The molecule has 0 unspecified atom stereocenters. The van der Waals surface area contributed by atoms with Crippen LogP contribution >= 0.6 is 15.9 Å². The van der Waals surface area contributed by atoms with Crippen LogP contribution in [0.3, 0.4) is 0 Å². The highest BCUT2D eigenvalue weighted by atomic mass is 79.9. The number of nitrogens with zero attached hydrogens (tertiary/aromatic N) is 3. The molecule has 0 bridgehead atoms. The molecule has 0 radical (unpaired) electrons. The fourth-order valence-electron chi connectivity index (χ4n) is 3.00. The molecule has 0 N–H and O–H groups in total. The van der Waals surface area contributed by atoms with Crippen LogP contribution in [0.4, 0.5) is 0 Å². The molecule has 146 valence electrons. The molecular formula is C22H24BrN3O2. The fourth-order valence-corrected chi connectivity index (χ4v) is 3.26. The average molecular weight is 442 g/mol. The summed E-state index contributed by atoms with van der Waals surface area (Å²) >= 11 is 3.42. The first-order valence-electron chi connectivity index (χ1n) is 9.45. The van der Waals surface area contributed by atoms with Crippen LogP contribution in [0.2, 0.25) is 0 Å². The van der Waals surface area contributed by atoms with Crippen LogP contribution in [0.5, 0.6) is 0 Å². The second-order valence-electron chi connectivity index (χ2n) is 6.94. The Labute approximate surface area is 173 Å². The molecule has 2 aromatic carbocycles. The van der Waals surface area contributed by atoms with E-state index in [9.17, 15) is 4.79 Å². The molecular weight excluding hydrogens is 418 g/mol. The van der Waals surface area contributed by atoms with Gasteiger partial charge >= 0.3 is 0 Å². The molecule has 0 saturated heterocycles. The van der Waals surface area contributed by atoms with Crippen molar-refractivity contribution in [3.8, 4) is 11.4 Å². The topological polar surface area (TPSA) is 59.2 Å². The molecule has 0 aliphatic rings. The molecule has 3 rings (SSSR count). The van der Waals surface area contributed by atoms with Crippen molar-refractivity contribution >= 4 is 21.8 Å². The quantitative estimate of drug-likeness (QED) is 0.497. The average Bonchev–Trinajstić information content (AvgIpc) is 3.16. The van der Waals surface area contributed by atoms with E-state index in [4.69, 9.17) is 4.52 Å². The molecule has 1 heterocycles. The zero-order chi connectivity index (χ0) is 19.9. The molecule has 5 nitrogen and oxygen atoms in total. The summed E-state index contributed by atoms with van der Waals surface area (Å²) in [7, 11) is 0. The summed E-state index contributed by atoms with van der Waals surface area (Å²) in [6, 6.07) is 18.0. The van der Waals surface area contributed by atoms with Crippen LogP contribution in [0.1, 0.15) is 31.7 Å². The molecule has 1 aromatic heterocycles. The second-order valence-corrected chi connectivity index (χ2v) is 7.85. The Morgan fingerprint density at radius 3 is 2.46 bits per heavy atom. The van der Waals surface area contributed by atoms with E-state index in [0.717, 1.165) is 16.5 Å². The summed E-state index contributed by atoms with van der Waals surface area (Å²) in [6.45, 7) is 4.62. The van der Waals surface area contributed by atoms with Crippen molar-refractivity contribution in [3.63, 3.8) is 0 Å². The molecule has 0 aliphatic carbocycles. The van der Waals surface area contributed by atoms with Crippen molar-refractivity contribution in [2.24, 2.45) is 0 Å². The number of hydrogen-bond donors (Lipinski definition) is 0. The van der Waals surface area contributed by atoms with E-state index in [1.807, 2.05) is 61.2 Å². The maximum Gasteiger partial charge on any atom is 0.228 e. The predicted molar refractivity (Wildman–Crippen MR) is 113 cm³/mol. The molecule has 0 atom stereocenters. The number of halogens is 1. The standard InChI is InChI=1S/C22H24BrN3O2/c1-16(2)26(21(27)13-8-17-6-4-3-5-7-17)15-14-20-24-22(25-28-20)18-9-11-19(23)12-10-18/h3-7,9-12,16H,8,13-15H2,1-2H3. The Kier molecular flexibility index (Phi) is 6.98. The highest BCUT2D eigenvalue weighted by Gasteiger charge is 2.18. The van der Waals surface area contributed by atoms with Crippen molar-refractivity contribution in [1.29, 1.82) is 0 Å². The Bertz CT molecular complexity index is 892. The molecule has 6 heteroatoms. The minimum Gasteiger partial charge on any atom is -0.340 e. The number of aromatic nitrogens is 2. The second kappa shape index (κ2) is 9.64. The minimum atomic E-state index is 0.122. The van der Waals surface area contributed by atoms with Crippen molar-refractivity contribution < 1.29 is 9.32 Å².